The van der Waals surface area contributed by atoms with Gasteiger partial charge >= 0.3 is 18.4 Å². The molecule has 3 unspecified atom stereocenters. The number of hydrogen-bond acceptors (Lipinski definition) is 7. The maximum absolute atomic E-state index is 10.9. The third-order valence-corrected chi connectivity index (χ3v) is 2.66. The SMILES string of the molecule is CC(Nc1cccc(OC(OC(C)C(=O)O)[N+](=O)[O-])c1)C(=O)O. The molecule has 0 aliphatic heterocycles. The van der Waals surface area contributed by atoms with Crippen molar-refractivity contribution in [3.63, 3.8) is 0 Å². The smallest absolute Gasteiger partial charge is 0.475 e. The second-order valence-electron chi connectivity index (χ2n) is 4.56. The molecule has 0 heterocycles. The van der Waals surface area contributed by atoms with Crippen LogP contribution in [-0.2, 0) is 14.3 Å². The van der Waals surface area contributed by atoms with Crippen LogP contribution >= 0.6 is 0 Å². The lowest BCUT2D eigenvalue weighted by atomic mass is 10.2. The Balaban J connectivity index is 2.82. The number of carbonyl (C=O) groups is 2. The number of ether oxygens (including phenoxy) is 2. The van der Waals surface area contributed by atoms with Crippen molar-refractivity contribution < 1.29 is 34.2 Å². The van der Waals surface area contributed by atoms with Gasteiger partial charge in [-0.05, 0) is 26.0 Å². The average Bonchev–Trinajstić information content (AvgIpc) is 2.46. The van der Waals surface area contributed by atoms with Gasteiger partial charge in [0.15, 0.2) is 6.10 Å². The number of nitrogens with one attached hydrogen (secondary N) is 1. The molecular formula is C13H16N2O8. The van der Waals surface area contributed by atoms with Crippen LogP contribution < -0.4 is 10.1 Å². The summed E-state index contributed by atoms with van der Waals surface area (Å²) < 4.78 is 9.71. The van der Waals surface area contributed by atoms with Crippen LogP contribution in [0.15, 0.2) is 24.3 Å². The fraction of sp³-hybridized carbons (Fsp3) is 0.385. The molecule has 1 aromatic carbocycles. The molecule has 0 radical (unpaired) electrons. The number of anilines is 1. The number of aliphatic carboxylic acids is 2. The molecule has 1 aromatic rings. The van der Waals surface area contributed by atoms with Gasteiger partial charge in [0.05, 0.1) is 4.92 Å². The quantitative estimate of drug-likeness (QED) is 0.343. The number of carboxylic acids is 2. The lowest BCUT2D eigenvalue weighted by Gasteiger charge is -2.16. The zero-order valence-corrected chi connectivity index (χ0v) is 12.3. The van der Waals surface area contributed by atoms with Crippen molar-refractivity contribution in [3.05, 3.63) is 34.4 Å². The van der Waals surface area contributed by atoms with Gasteiger partial charge in [0, 0.05) is 11.8 Å². The predicted molar refractivity (Wildman–Crippen MR) is 76.8 cm³/mol. The Hall–Kier alpha value is -2.88. The molecular weight excluding hydrogens is 312 g/mol. The van der Waals surface area contributed by atoms with E-state index in [9.17, 15) is 19.7 Å². The Morgan fingerprint density at radius 3 is 2.43 bits per heavy atom. The van der Waals surface area contributed by atoms with E-state index in [0.717, 1.165) is 6.92 Å². The zero-order valence-electron chi connectivity index (χ0n) is 12.3. The first kappa shape index (κ1) is 18.2. The Morgan fingerprint density at radius 1 is 1.26 bits per heavy atom. The van der Waals surface area contributed by atoms with Gasteiger partial charge in [-0.25, -0.2) is 4.79 Å². The van der Waals surface area contributed by atoms with Crippen LogP contribution in [-0.4, -0.2) is 45.6 Å². The highest BCUT2D eigenvalue weighted by Gasteiger charge is 2.29. The highest BCUT2D eigenvalue weighted by Crippen LogP contribution is 2.20. The molecule has 0 fully saturated rings. The monoisotopic (exact) mass is 328 g/mol. The fourth-order valence-electron chi connectivity index (χ4n) is 1.44. The summed E-state index contributed by atoms with van der Waals surface area (Å²) >= 11 is 0. The van der Waals surface area contributed by atoms with Crippen molar-refractivity contribution in [2.45, 2.75) is 32.4 Å². The number of rotatable bonds is 9. The van der Waals surface area contributed by atoms with Crippen LogP contribution in [0.5, 0.6) is 5.75 Å². The second-order valence-corrected chi connectivity index (χ2v) is 4.56. The highest BCUT2D eigenvalue weighted by atomic mass is 16.8. The van der Waals surface area contributed by atoms with E-state index in [0.29, 0.717) is 5.69 Å². The largest absolute Gasteiger partial charge is 0.480 e. The van der Waals surface area contributed by atoms with Crippen molar-refractivity contribution >= 4 is 17.6 Å². The van der Waals surface area contributed by atoms with Gasteiger partial charge in [0.2, 0.25) is 0 Å². The number of benzene rings is 1. The first-order chi connectivity index (χ1) is 10.7. The molecule has 3 atom stereocenters. The maximum Gasteiger partial charge on any atom is 0.475 e. The summed E-state index contributed by atoms with van der Waals surface area (Å²) in [5.41, 5.74) is 0.366. The van der Waals surface area contributed by atoms with Crippen molar-refractivity contribution in [1.82, 2.24) is 0 Å². The van der Waals surface area contributed by atoms with E-state index >= 15 is 0 Å². The van der Waals surface area contributed by atoms with E-state index in [1.807, 2.05) is 0 Å². The van der Waals surface area contributed by atoms with E-state index in [1.54, 1.807) is 6.07 Å². The van der Waals surface area contributed by atoms with E-state index in [4.69, 9.17) is 19.7 Å². The van der Waals surface area contributed by atoms with Gasteiger partial charge in [0.1, 0.15) is 11.8 Å². The standard InChI is InChI=1S/C13H16N2O8/c1-7(11(16)17)14-9-4-3-5-10(6-9)23-13(15(20)21)22-8(2)12(18)19/h3-8,13-14H,1-2H3,(H,16,17)(H,18,19). The average molecular weight is 328 g/mol. The van der Waals surface area contributed by atoms with Crippen LogP contribution in [0, 0.1) is 10.1 Å². The van der Waals surface area contributed by atoms with E-state index in [-0.39, 0.29) is 5.75 Å². The van der Waals surface area contributed by atoms with Crippen molar-refractivity contribution in [1.29, 1.82) is 0 Å². The lowest BCUT2D eigenvalue weighted by molar-refractivity contribution is -0.622. The summed E-state index contributed by atoms with van der Waals surface area (Å²) in [7, 11) is 0. The number of nitrogens with zero attached hydrogens (tertiary/aromatic N) is 1. The third-order valence-electron chi connectivity index (χ3n) is 2.66. The van der Waals surface area contributed by atoms with Gasteiger partial charge in [0.25, 0.3) is 0 Å². The van der Waals surface area contributed by atoms with Crippen LogP contribution in [0.1, 0.15) is 13.8 Å². The summed E-state index contributed by atoms with van der Waals surface area (Å²) in [5, 5.41) is 31.1. The molecule has 10 heteroatoms. The van der Waals surface area contributed by atoms with Gasteiger partial charge < -0.3 is 20.3 Å². The van der Waals surface area contributed by atoms with Gasteiger partial charge in [-0.2, -0.15) is 0 Å². The van der Waals surface area contributed by atoms with E-state index < -0.39 is 35.4 Å². The molecule has 0 saturated heterocycles. The minimum absolute atomic E-state index is 0.0203. The summed E-state index contributed by atoms with van der Waals surface area (Å²) in [6, 6.07) is 4.89. The van der Waals surface area contributed by atoms with Crippen LogP contribution in [0.2, 0.25) is 0 Å². The lowest BCUT2D eigenvalue weighted by Crippen LogP contribution is -2.36. The molecule has 0 bridgehead atoms. The summed E-state index contributed by atoms with van der Waals surface area (Å²) in [6.45, 7) is 2.56. The second kappa shape index (κ2) is 7.94. The van der Waals surface area contributed by atoms with Gasteiger partial charge in [-0.3, -0.25) is 19.6 Å². The molecule has 10 nitrogen and oxygen atoms in total. The van der Waals surface area contributed by atoms with Gasteiger partial charge in [-0.15, -0.1) is 0 Å². The summed E-state index contributed by atoms with van der Waals surface area (Å²) in [4.78, 5) is 31.4. The molecule has 1 rings (SSSR count). The number of hydrogen-bond donors (Lipinski definition) is 3. The van der Waals surface area contributed by atoms with Crippen molar-refractivity contribution in [2.75, 3.05) is 5.32 Å². The molecule has 0 aromatic heterocycles. The van der Waals surface area contributed by atoms with E-state index in [1.165, 1.54) is 25.1 Å². The number of nitro groups is 1. The molecule has 23 heavy (non-hydrogen) atoms. The first-order valence-corrected chi connectivity index (χ1v) is 6.48. The fourth-order valence-corrected chi connectivity index (χ4v) is 1.44. The molecule has 0 aliphatic rings. The molecule has 0 saturated carbocycles. The predicted octanol–water partition coefficient (Wildman–Crippen LogP) is 1.00. The Morgan fingerprint density at radius 2 is 1.91 bits per heavy atom. The maximum atomic E-state index is 10.9. The normalized spacial score (nSPS) is 14.3. The summed E-state index contributed by atoms with van der Waals surface area (Å²) in [5.74, 6) is -2.42. The first-order valence-electron chi connectivity index (χ1n) is 6.48. The molecule has 0 aliphatic carbocycles. The summed E-state index contributed by atoms with van der Waals surface area (Å²) in [6.07, 6.45) is -3.44. The van der Waals surface area contributed by atoms with Crippen LogP contribution in [0.4, 0.5) is 5.69 Å². The van der Waals surface area contributed by atoms with E-state index in [2.05, 4.69) is 5.32 Å². The van der Waals surface area contributed by atoms with Crippen LogP contribution in [0.3, 0.4) is 0 Å². The minimum Gasteiger partial charge on any atom is -0.480 e. The van der Waals surface area contributed by atoms with Gasteiger partial charge in [-0.1, -0.05) is 6.07 Å². The Labute approximate surface area is 130 Å². The Bertz CT molecular complexity index is 591. The minimum atomic E-state index is -2.01. The molecule has 3 N–H and O–H groups in total. The van der Waals surface area contributed by atoms with Crippen LogP contribution in [0.25, 0.3) is 0 Å². The third kappa shape index (κ3) is 5.79. The Kier molecular flexibility index (Phi) is 6.27. The highest BCUT2D eigenvalue weighted by molar-refractivity contribution is 5.76. The number of carboxylic acid groups (broad SMARTS) is 2. The molecule has 0 amide bonds. The zero-order chi connectivity index (χ0) is 17.6. The van der Waals surface area contributed by atoms with Crippen molar-refractivity contribution in [3.8, 4) is 5.75 Å². The molecule has 126 valence electrons. The topological polar surface area (TPSA) is 148 Å². The molecule has 0 spiro atoms. The van der Waals surface area contributed by atoms with Crippen molar-refractivity contribution in [2.24, 2.45) is 0 Å².